The highest BCUT2D eigenvalue weighted by atomic mass is 35.5. The zero-order valence-corrected chi connectivity index (χ0v) is 25.8. The van der Waals surface area contributed by atoms with Gasteiger partial charge in [0.1, 0.15) is 18.4 Å². The van der Waals surface area contributed by atoms with Crippen LogP contribution in [0.25, 0.3) is 0 Å². The molecule has 11 heteroatoms. The quantitative estimate of drug-likeness (QED) is 0.217. The van der Waals surface area contributed by atoms with E-state index >= 15 is 0 Å². The van der Waals surface area contributed by atoms with Gasteiger partial charge in [-0.05, 0) is 61.0 Å². The Morgan fingerprint density at radius 1 is 0.860 bits per heavy atom. The molecule has 7 nitrogen and oxygen atoms in total. The Morgan fingerprint density at radius 2 is 1.47 bits per heavy atom. The van der Waals surface area contributed by atoms with Crippen molar-refractivity contribution in [2.45, 2.75) is 30.8 Å². The van der Waals surface area contributed by atoms with Gasteiger partial charge in [0.15, 0.2) is 0 Å². The number of halogens is 3. The predicted octanol–water partition coefficient (Wildman–Crippen LogP) is 6.02. The topological polar surface area (TPSA) is 86.8 Å². The summed E-state index contributed by atoms with van der Waals surface area (Å²) in [5.41, 5.74) is 2.10. The van der Waals surface area contributed by atoms with Crippen LogP contribution in [0.1, 0.15) is 16.7 Å². The molecule has 1 atom stereocenters. The minimum atomic E-state index is -4.30. The summed E-state index contributed by atoms with van der Waals surface area (Å²) < 4.78 is 42.6. The number of amides is 2. The molecule has 0 aliphatic rings. The zero-order chi connectivity index (χ0) is 31.1. The van der Waals surface area contributed by atoms with Crippen LogP contribution in [0.2, 0.25) is 10.0 Å². The van der Waals surface area contributed by atoms with Crippen molar-refractivity contribution < 1.29 is 22.4 Å². The maximum atomic E-state index is 14.3. The Morgan fingerprint density at radius 3 is 2.05 bits per heavy atom. The van der Waals surface area contributed by atoms with Gasteiger partial charge in [-0.2, -0.15) is 0 Å². The van der Waals surface area contributed by atoms with Gasteiger partial charge in [0.2, 0.25) is 11.8 Å². The van der Waals surface area contributed by atoms with Crippen molar-refractivity contribution in [3.63, 3.8) is 0 Å². The number of hydrogen-bond donors (Lipinski definition) is 1. The third-order valence-electron chi connectivity index (χ3n) is 6.91. The molecule has 0 heterocycles. The van der Waals surface area contributed by atoms with Crippen molar-refractivity contribution in [3.8, 4) is 0 Å². The van der Waals surface area contributed by atoms with Crippen molar-refractivity contribution in [2.75, 3.05) is 17.9 Å². The lowest BCUT2D eigenvalue weighted by atomic mass is 10.0. The van der Waals surface area contributed by atoms with Crippen LogP contribution in [0.3, 0.4) is 0 Å². The smallest absolute Gasteiger partial charge is 0.264 e. The van der Waals surface area contributed by atoms with Gasteiger partial charge in [0.05, 0.1) is 10.6 Å². The highest BCUT2D eigenvalue weighted by molar-refractivity contribution is 7.92. The molecular weight excluding hydrogens is 612 g/mol. The van der Waals surface area contributed by atoms with Crippen LogP contribution in [-0.4, -0.2) is 44.8 Å². The van der Waals surface area contributed by atoms with E-state index in [-0.39, 0.29) is 33.6 Å². The Labute approximate surface area is 260 Å². The zero-order valence-electron chi connectivity index (χ0n) is 23.5. The summed E-state index contributed by atoms with van der Waals surface area (Å²) in [5.74, 6) is -1.73. The second kappa shape index (κ2) is 14.0. The average Bonchev–Trinajstić information content (AvgIpc) is 2.99. The van der Waals surface area contributed by atoms with Crippen molar-refractivity contribution in [2.24, 2.45) is 0 Å². The molecule has 0 radical (unpaired) electrons. The molecule has 0 bridgehead atoms. The summed E-state index contributed by atoms with van der Waals surface area (Å²) >= 11 is 12.9. The van der Waals surface area contributed by atoms with Gasteiger partial charge in [-0.25, -0.2) is 12.8 Å². The normalized spacial score (nSPS) is 11.9. The second-order valence-electron chi connectivity index (χ2n) is 9.84. The molecular formula is C32H30Cl2FN3O4S. The van der Waals surface area contributed by atoms with E-state index in [1.807, 2.05) is 37.3 Å². The van der Waals surface area contributed by atoms with Crippen LogP contribution in [-0.2, 0) is 32.6 Å². The van der Waals surface area contributed by atoms with E-state index in [0.717, 1.165) is 27.6 Å². The fourth-order valence-corrected chi connectivity index (χ4v) is 6.48. The number of nitrogens with one attached hydrogen (secondary N) is 1. The number of likely N-dealkylation sites (N-methyl/N-ethyl adjacent to an activating group) is 1. The molecule has 0 unspecified atom stereocenters. The lowest BCUT2D eigenvalue weighted by Crippen LogP contribution is -2.53. The molecule has 0 spiro atoms. The minimum absolute atomic E-state index is 0.0527. The molecule has 2 amide bonds. The van der Waals surface area contributed by atoms with Gasteiger partial charge < -0.3 is 10.2 Å². The van der Waals surface area contributed by atoms with Crippen LogP contribution in [0, 0.1) is 12.7 Å². The summed E-state index contributed by atoms with van der Waals surface area (Å²) in [6, 6.07) is 23.9. The number of rotatable bonds is 11. The standard InChI is InChI=1S/C32H30Cl2FN3O4S/c1-22-11-17-26(18-12-22)43(41,42)38(25-15-13-24(35)14-16-25)21-31(39)37(20-27-28(33)9-6-10-29(27)34)30(32(40)36-2)19-23-7-4-3-5-8-23/h3-18,30H,19-21H2,1-2H3,(H,36,40)/t30-/m0/s1. The molecule has 0 saturated heterocycles. The predicted molar refractivity (Wildman–Crippen MR) is 167 cm³/mol. The summed E-state index contributed by atoms with van der Waals surface area (Å²) in [6.45, 7) is 0.956. The summed E-state index contributed by atoms with van der Waals surface area (Å²) in [5, 5.41) is 3.18. The molecule has 224 valence electrons. The Balaban J connectivity index is 1.81. The molecule has 0 aliphatic heterocycles. The first-order valence-corrected chi connectivity index (χ1v) is 15.5. The van der Waals surface area contributed by atoms with Gasteiger partial charge in [0, 0.05) is 35.6 Å². The van der Waals surface area contributed by atoms with Crippen molar-refractivity contribution in [1.29, 1.82) is 0 Å². The first-order chi connectivity index (χ1) is 20.5. The third kappa shape index (κ3) is 7.73. The monoisotopic (exact) mass is 641 g/mol. The largest absolute Gasteiger partial charge is 0.357 e. The molecule has 4 aromatic carbocycles. The van der Waals surface area contributed by atoms with Gasteiger partial charge in [-0.1, -0.05) is 77.3 Å². The number of hydrogen-bond acceptors (Lipinski definition) is 4. The first-order valence-electron chi connectivity index (χ1n) is 13.3. The fraction of sp³-hybridized carbons (Fsp3) is 0.188. The highest BCUT2D eigenvalue weighted by Gasteiger charge is 2.35. The number of sulfonamides is 1. The van der Waals surface area contributed by atoms with Gasteiger partial charge in [0.25, 0.3) is 10.0 Å². The SMILES string of the molecule is CNC(=O)[C@H](Cc1ccccc1)N(Cc1c(Cl)cccc1Cl)C(=O)CN(c1ccc(F)cc1)S(=O)(=O)c1ccc(C)cc1. The number of carbonyl (C=O) groups excluding carboxylic acids is 2. The maximum Gasteiger partial charge on any atom is 0.264 e. The summed E-state index contributed by atoms with van der Waals surface area (Å²) in [7, 11) is -2.84. The van der Waals surface area contributed by atoms with E-state index in [1.165, 1.54) is 36.2 Å². The fourth-order valence-electron chi connectivity index (χ4n) is 4.55. The lowest BCUT2D eigenvalue weighted by Gasteiger charge is -2.34. The number of carbonyl (C=O) groups is 2. The van der Waals surface area contributed by atoms with Crippen molar-refractivity contribution >= 4 is 50.7 Å². The van der Waals surface area contributed by atoms with Crippen LogP contribution >= 0.6 is 23.2 Å². The van der Waals surface area contributed by atoms with Crippen molar-refractivity contribution in [1.82, 2.24) is 10.2 Å². The molecule has 0 fully saturated rings. The summed E-state index contributed by atoms with van der Waals surface area (Å²) in [6.07, 6.45) is 0.135. The van der Waals surface area contributed by atoms with Gasteiger partial charge in [-0.3, -0.25) is 13.9 Å². The van der Waals surface area contributed by atoms with Gasteiger partial charge in [-0.15, -0.1) is 0 Å². The molecule has 1 N–H and O–H groups in total. The van der Waals surface area contributed by atoms with Crippen LogP contribution < -0.4 is 9.62 Å². The van der Waals surface area contributed by atoms with E-state index in [9.17, 15) is 22.4 Å². The number of benzene rings is 4. The molecule has 4 aromatic rings. The summed E-state index contributed by atoms with van der Waals surface area (Å²) in [4.78, 5) is 28.8. The molecule has 0 aromatic heterocycles. The minimum Gasteiger partial charge on any atom is -0.357 e. The lowest BCUT2D eigenvalue weighted by molar-refractivity contribution is -0.139. The van der Waals surface area contributed by atoms with Crippen LogP contribution in [0.4, 0.5) is 10.1 Å². The highest BCUT2D eigenvalue weighted by Crippen LogP contribution is 2.29. The second-order valence-corrected chi connectivity index (χ2v) is 12.5. The number of anilines is 1. The molecule has 4 rings (SSSR count). The number of aryl methyl sites for hydroxylation is 1. The third-order valence-corrected chi connectivity index (χ3v) is 9.41. The Kier molecular flexibility index (Phi) is 10.4. The first kappa shape index (κ1) is 32.0. The average molecular weight is 643 g/mol. The number of nitrogens with zero attached hydrogens (tertiary/aromatic N) is 2. The molecule has 0 saturated carbocycles. The molecule has 43 heavy (non-hydrogen) atoms. The van der Waals surface area contributed by atoms with E-state index in [2.05, 4.69) is 5.32 Å². The maximum absolute atomic E-state index is 14.3. The molecule has 0 aliphatic carbocycles. The van der Waals surface area contributed by atoms with Crippen LogP contribution in [0.15, 0.2) is 102 Å². The Hall–Kier alpha value is -3.92. The van der Waals surface area contributed by atoms with Crippen molar-refractivity contribution in [3.05, 3.63) is 130 Å². The van der Waals surface area contributed by atoms with Crippen LogP contribution in [0.5, 0.6) is 0 Å². The van der Waals surface area contributed by atoms with E-state index in [4.69, 9.17) is 23.2 Å². The van der Waals surface area contributed by atoms with E-state index in [1.54, 1.807) is 30.3 Å². The Bertz CT molecular complexity index is 1670. The van der Waals surface area contributed by atoms with E-state index < -0.39 is 40.2 Å². The van der Waals surface area contributed by atoms with E-state index in [0.29, 0.717) is 5.56 Å². The van der Waals surface area contributed by atoms with Gasteiger partial charge >= 0.3 is 0 Å².